The average molecular weight is 379 g/mol. The molecule has 1 saturated carbocycles. The van der Waals surface area contributed by atoms with Crippen LogP contribution in [0.25, 0.3) is 0 Å². The lowest BCUT2D eigenvalue weighted by Crippen LogP contribution is -2.41. The van der Waals surface area contributed by atoms with Crippen molar-refractivity contribution in [3.05, 3.63) is 60.2 Å². The molecule has 28 heavy (non-hydrogen) atoms. The van der Waals surface area contributed by atoms with Gasteiger partial charge in [0, 0.05) is 24.5 Å². The molecule has 0 atom stereocenters. The van der Waals surface area contributed by atoms with E-state index in [-0.39, 0.29) is 11.8 Å². The molecule has 2 aromatic carbocycles. The van der Waals surface area contributed by atoms with Crippen molar-refractivity contribution in [1.82, 2.24) is 4.90 Å². The van der Waals surface area contributed by atoms with Gasteiger partial charge in [-0.2, -0.15) is 0 Å². The lowest BCUT2D eigenvalue weighted by atomic mass is 9.95. The van der Waals surface area contributed by atoms with Crippen LogP contribution in [0.1, 0.15) is 18.4 Å². The van der Waals surface area contributed by atoms with Gasteiger partial charge in [-0.15, -0.1) is 0 Å². The van der Waals surface area contributed by atoms with Crippen molar-refractivity contribution in [1.29, 1.82) is 0 Å². The van der Waals surface area contributed by atoms with E-state index in [1.165, 1.54) is 0 Å². The second-order valence-corrected chi connectivity index (χ2v) is 7.42. The van der Waals surface area contributed by atoms with E-state index in [9.17, 15) is 9.59 Å². The highest BCUT2D eigenvalue weighted by atomic mass is 16.5. The van der Waals surface area contributed by atoms with Crippen LogP contribution in [0.4, 0.5) is 11.4 Å². The first-order chi connectivity index (χ1) is 13.7. The molecule has 4 rings (SSSR count). The summed E-state index contributed by atoms with van der Waals surface area (Å²) < 4.78 is 5.29. The fourth-order valence-corrected chi connectivity index (χ4v) is 3.58. The fraction of sp³-hybridized carbons (Fsp3) is 0.364. The molecule has 1 aliphatic heterocycles. The van der Waals surface area contributed by atoms with E-state index in [1.807, 2.05) is 54.6 Å². The summed E-state index contributed by atoms with van der Waals surface area (Å²) in [7, 11) is 0. The van der Waals surface area contributed by atoms with Crippen molar-refractivity contribution in [3.63, 3.8) is 0 Å². The zero-order valence-corrected chi connectivity index (χ0v) is 15.8. The summed E-state index contributed by atoms with van der Waals surface area (Å²) in [4.78, 5) is 27.0. The molecule has 1 saturated heterocycles. The predicted molar refractivity (Wildman–Crippen MR) is 108 cm³/mol. The highest BCUT2D eigenvalue weighted by Gasteiger charge is 2.51. The third-order valence-electron chi connectivity index (χ3n) is 5.41. The van der Waals surface area contributed by atoms with Crippen molar-refractivity contribution < 1.29 is 14.3 Å². The molecule has 2 aromatic rings. The summed E-state index contributed by atoms with van der Waals surface area (Å²) in [5, 5.41) is 5.92. The molecule has 2 amide bonds. The quantitative estimate of drug-likeness (QED) is 0.810. The van der Waals surface area contributed by atoms with Crippen LogP contribution in [-0.2, 0) is 19.7 Å². The minimum atomic E-state index is -0.397. The smallest absolute Gasteiger partial charge is 0.238 e. The number of carbonyl (C=O) groups is 2. The molecule has 2 fully saturated rings. The van der Waals surface area contributed by atoms with Gasteiger partial charge in [-0.05, 0) is 42.7 Å². The Balaban J connectivity index is 1.32. The van der Waals surface area contributed by atoms with Crippen LogP contribution in [0.3, 0.4) is 0 Å². The number of hydrogen-bond donors (Lipinski definition) is 2. The van der Waals surface area contributed by atoms with Gasteiger partial charge >= 0.3 is 0 Å². The van der Waals surface area contributed by atoms with Crippen molar-refractivity contribution >= 4 is 23.2 Å². The molecular weight excluding hydrogens is 354 g/mol. The van der Waals surface area contributed by atoms with E-state index >= 15 is 0 Å². The Bertz CT molecular complexity index is 826. The largest absolute Gasteiger partial charge is 0.379 e. The van der Waals surface area contributed by atoms with Gasteiger partial charge in [0.05, 0.1) is 25.2 Å². The number of benzene rings is 2. The van der Waals surface area contributed by atoms with E-state index < -0.39 is 5.41 Å². The minimum absolute atomic E-state index is 0.0304. The minimum Gasteiger partial charge on any atom is -0.379 e. The first kappa shape index (κ1) is 18.7. The van der Waals surface area contributed by atoms with Gasteiger partial charge in [-0.3, -0.25) is 14.5 Å². The Hall–Kier alpha value is -2.70. The van der Waals surface area contributed by atoms with Crippen LogP contribution in [0.2, 0.25) is 0 Å². The van der Waals surface area contributed by atoms with E-state index in [0.717, 1.165) is 42.9 Å². The molecule has 6 heteroatoms. The number of amides is 2. The second-order valence-electron chi connectivity index (χ2n) is 7.42. The number of hydrogen-bond acceptors (Lipinski definition) is 4. The molecule has 6 nitrogen and oxygen atoms in total. The average Bonchev–Trinajstić information content (AvgIpc) is 3.53. The Morgan fingerprint density at radius 2 is 1.50 bits per heavy atom. The third-order valence-corrected chi connectivity index (χ3v) is 5.41. The molecule has 2 N–H and O–H groups in total. The summed E-state index contributed by atoms with van der Waals surface area (Å²) in [6.07, 6.45) is 1.75. The van der Waals surface area contributed by atoms with Crippen molar-refractivity contribution in [2.45, 2.75) is 18.3 Å². The topological polar surface area (TPSA) is 70.7 Å². The Kier molecular flexibility index (Phi) is 5.41. The van der Waals surface area contributed by atoms with Crippen LogP contribution in [0.15, 0.2) is 54.6 Å². The maximum atomic E-state index is 12.8. The van der Waals surface area contributed by atoms with Crippen LogP contribution in [0, 0.1) is 0 Å². The van der Waals surface area contributed by atoms with Gasteiger partial charge in [-0.25, -0.2) is 0 Å². The SMILES string of the molecule is O=C(CN1CCOCC1)Nc1ccc(NC(=O)C2(c3ccccc3)CC2)cc1. The number of nitrogens with one attached hydrogen (secondary N) is 2. The van der Waals surface area contributed by atoms with Gasteiger partial charge in [0.25, 0.3) is 0 Å². The highest BCUT2D eigenvalue weighted by molar-refractivity contribution is 6.01. The Labute approximate surface area is 164 Å². The monoisotopic (exact) mass is 379 g/mol. The van der Waals surface area contributed by atoms with E-state index in [0.29, 0.717) is 19.8 Å². The molecular formula is C22H25N3O3. The zero-order chi connectivity index (χ0) is 19.4. The first-order valence-electron chi connectivity index (χ1n) is 9.73. The number of nitrogens with zero attached hydrogens (tertiary/aromatic N) is 1. The first-order valence-corrected chi connectivity index (χ1v) is 9.73. The van der Waals surface area contributed by atoms with Crippen LogP contribution in [-0.4, -0.2) is 49.6 Å². The summed E-state index contributed by atoms with van der Waals surface area (Å²) >= 11 is 0. The second kappa shape index (κ2) is 8.12. The van der Waals surface area contributed by atoms with Crippen molar-refractivity contribution in [2.75, 3.05) is 43.5 Å². The lowest BCUT2D eigenvalue weighted by molar-refractivity contribution is -0.119. The maximum Gasteiger partial charge on any atom is 0.238 e. The van der Waals surface area contributed by atoms with Crippen LogP contribution < -0.4 is 10.6 Å². The number of rotatable bonds is 6. The molecule has 146 valence electrons. The standard InChI is InChI=1S/C22H25N3O3/c26-20(16-25-12-14-28-15-13-25)23-18-6-8-19(9-7-18)24-21(27)22(10-11-22)17-4-2-1-3-5-17/h1-9H,10-16H2,(H,23,26)(H,24,27). The molecule has 1 heterocycles. The summed E-state index contributed by atoms with van der Waals surface area (Å²) in [5.74, 6) is -0.0116. The Morgan fingerprint density at radius 3 is 2.11 bits per heavy atom. The molecule has 0 spiro atoms. The van der Waals surface area contributed by atoms with Crippen LogP contribution >= 0.6 is 0 Å². The van der Waals surface area contributed by atoms with E-state index in [2.05, 4.69) is 15.5 Å². The molecule has 0 unspecified atom stereocenters. The van der Waals surface area contributed by atoms with Gasteiger partial charge in [0.15, 0.2) is 0 Å². The number of anilines is 2. The lowest BCUT2D eigenvalue weighted by Gasteiger charge is -2.25. The zero-order valence-electron chi connectivity index (χ0n) is 15.8. The molecule has 0 aromatic heterocycles. The third kappa shape index (κ3) is 4.24. The Morgan fingerprint density at radius 1 is 0.893 bits per heavy atom. The fourth-order valence-electron chi connectivity index (χ4n) is 3.58. The molecule has 0 radical (unpaired) electrons. The van der Waals surface area contributed by atoms with Gasteiger partial charge in [-0.1, -0.05) is 30.3 Å². The van der Waals surface area contributed by atoms with Gasteiger partial charge in [0.1, 0.15) is 0 Å². The summed E-state index contributed by atoms with van der Waals surface area (Å²) in [5.41, 5.74) is 2.13. The molecule has 2 aliphatic rings. The van der Waals surface area contributed by atoms with Crippen molar-refractivity contribution in [3.8, 4) is 0 Å². The highest BCUT2D eigenvalue weighted by Crippen LogP contribution is 2.48. The molecule has 1 aliphatic carbocycles. The predicted octanol–water partition coefficient (Wildman–Crippen LogP) is 2.63. The van der Waals surface area contributed by atoms with Gasteiger partial charge in [0.2, 0.25) is 11.8 Å². The van der Waals surface area contributed by atoms with Gasteiger partial charge < -0.3 is 15.4 Å². The normalized spacial score (nSPS) is 18.3. The number of morpholine rings is 1. The summed E-state index contributed by atoms with van der Waals surface area (Å²) in [6, 6.07) is 17.2. The molecule has 0 bridgehead atoms. The van der Waals surface area contributed by atoms with E-state index in [1.54, 1.807) is 0 Å². The number of carbonyl (C=O) groups excluding carboxylic acids is 2. The summed E-state index contributed by atoms with van der Waals surface area (Å²) in [6.45, 7) is 3.27. The maximum absolute atomic E-state index is 12.8. The number of ether oxygens (including phenoxy) is 1. The van der Waals surface area contributed by atoms with Crippen molar-refractivity contribution in [2.24, 2.45) is 0 Å². The van der Waals surface area contributed by atoms with E-state index in [4.69, 9.17) is 4.74 Å². The van der Waals surface area contributed by atoms with Crippen LogP contribution in [0.5, 0.6) is 0 Å².